The quantitative estimate of drug-likeness (QED) is 0.653. The van der Waals surface area contributed by atoms with Gasteiger partial charge in [0.2, 0.25) is 0 Å². The van der Waals surface area contributed by atoms with E-state index in [4.69, 9.17) is 0 Å². The molecule has 0 saturated carbocycles. The van der Waals surface area contributed by atoms with Crippen LogP contribution in [0.4, 0.5) is 0 Å². The summed E-state index contributed by atoms with van der Waals surface area (Å²) in [6.45, 7) is 3.85. The zero-order valence-corrected chi connectivity index (χ0v) is 10.3. The molecular formula is C18H16. The van der Waals surface area contributed by atoms with Gasteiger partial charge in [-0.05, 0) is 22.8 Å². The molecule has 0 fully saturated rings. The van der Waals surface area contributed by atoms with Gasteiger partial charge in [0.1, 0.15) is 0 Å². The van der Waals surface area contributed by atoms with Gasteiger partial charge < -0.3 is 0 Å². The van der Waals surface area contributed by atoms with Crippen molar-refractivity contribution in [2.45, 2.75) is 0 Å². The van der Waals surface area contributed by atoms with Crippen LogP contribution in [-0.4, -0.2) is 0 Å². The Labute approximate surface area is 109 Å². The first-order chi connectivity index (χ1) is 8.88. The van der Waals surface area contributed by atoms with Gasteiger partial charge in [-0.15, -0.1) is 0 Å². The second-order valence-electron chi connectivity index (χ2n) is 4.00. The van der Waals surface area contributed by atoms with Crippen LogP contribution in [0.2, 0.25) is 0 Å². The van der Waals surface area contributed by atoms with Crippen molar-refractivity contribution in [3.8, 4) is 0 Å². The summed E-state index contributed by atoms with van der Waals surface area (Å²) >= 11 is 0. The second-order valence-corrected chi connectivity index (χ2v) is 4.00. The molecule has 0 aliphatic carbocycles. The van der Waals surface area contributed by atoms with E-state index in [1.54, 1.807) is 0 Å². The molecule has 2 rings (SSSR count). The van der Waals surface area contributed by atoms with E-state index in [0.29, 0.717) is 0 Å². The first-order valence-electron chi connectivity index (χ1n) is 6.01. The summed E-state index contributed by atoms with van der Waals surface area (Å²) in [5.74, 6) is 0. The molecule has 0 saturated heterocycles. The van der Waals surface area contributed by atoms with Gasteiger partial charge in [0.25, 0.3) is 0 Å². The standard InChI is InChI=1S/C18H16/c1-2-16(15-18-11-7-4-8-12-18)13-14-17-9-5-3-6-10-17/h2-15H,1H2/b14-13+,16-15-. The number of hydrogen-bond donors (Lipinski definition) is 0. The smallest absolute Gasteiger partial charge is 0.0251 e. The van der Waals surface area contributed by atoms with Gasteiger partial charge in [-0.1, -0.05) is 85.5 Å². The number of benzene rings is 2. The fourth-order valence-electron chi connectivity index (χ4n) is 1.67. The highest BCUT2D eigenvalue weighted by molar-refractivity contribution is 5.64. The summed E-state index contributed by atoms with van der Waals surface area (Å²) in [4.78, 5) is 0. The SMILES string of the molecule is C=CC(=C/c1ccccc1)/C=C/c1ccccc1. The van der Waals surface area contributed by atoms with Gasteiger partial charge >= 0.3 is 0 Å². The van der Waals surface area contributed by atoms with Crippen molar-refractivity contribution in [1.29, 1.82) is 0 Å². The molecule has 0 spiro atoms. The van der Waals surface area contributed by atoms with E-state index in [2.05, 4.69) is 49.1 Å². The molecule has 2 aromatic rings. The van der Waals surface area contributed by atoms with Gasteiger partial charge in [0, 0.05) is 0 Å². The molecule has 0 heteroatoms. The minimum atomic E-state index is 1.10. The Balaban J connectivity index is 2.18. The van der Waals surface area contributed by atoms with Crippen molar-refractivity contribution in [1.82, 2.24) is 0 Å². The van der Waals surface area contributed by atoms with Crippen molar-refractivity contribution in [3.63, 3.8) is 0 Å². The maximum atomic E-state index is 3.85. The Morgan fingerprint density at radius 1 is 0.778 bits per heavy atom. The molecule has 0 nitrogen and oxygen atoms in total. The molecule has 0 radical (unpaired) electrons. The van der Waals surface area contributed by atoms with Gasteiger partial charge in [-0.2, -0.15) is 0 Å². The van der Waals surface area contributed by atoms with Crippen LogP contribution >= 0.6 is 0 Å². The van der Waals surface area contributed by atoms with Gasteiger partial charge in [-0.25, -0.2) is 0 Å². The zero-order valence-electron chi connectivity index (χ0n) is 10.3. The summed E-state index contributed by atoms with van der Waals surface area (Å²) in [5, 5.41) is 0. The van der Waals surface area contributed by atoms with Crippen LogP contribution < -0.4 is 0 Å². The predicted molar refractivity (Wildman–Crippen MR) is 80.1 cm³/mol. The van der Waals surface area contributed by atoms with Crippen LogP contribution in [0.3, 0.4) is 0 Å². The van der Waals surface area contributed by atoms with E-state index < -0.39 is 0 Å². The number of rotatable bonds is 4. The topological polar surface area (TPSA) is 0 Å². The minimum Gasteiger partial charge on any atom is -0.0985 e. The highest BCUT2D eigenvalue weighted by atomic mass is 13.9. The Morgan fingerprint density at radius 2 is 1.33 bits per heavy atom. The lowest BCUT2D eigenvalue weighted by Gasteiger charge is -1.96. The molecule has 0 heterocycles. The van der Waals surface area contributed by atoms with Crippen molar-refractivity contribution in [2.24, 2.45) is 0 Å². The lowest BCUT2D eigenvalue weighted by Crippen LogP contribution is -1.75. The lowest BCUT2D eigenvalue weighted by atomic mass is 10.1. The molecule has 0 atom stereocenters. The Hall–Kier alpha value is -2.34. The molecule has 0 N–H and O–H groups in total. The van der Waals surface area contributed by atoms with Crippen molar-refractivity contribution in [3.05, 3.63) is 96.1 Å². The van der Waals surface area contributed by atoms with E-state index in [1.807, 2.05) is 42.5 Å². The zero-order chi connectivity index (χ0) is 12.6. The van der Waals surface area contributed by atoms with E-state index in [9.17, 15) is 0 Å². The Morgan fingerprint density at radius 3 is 1.89 bits per heavy atom. The Kier molecular flexibility index (Phi) is 4.32. The molecular weight excluding hydrogens is 216 g/mol. The summed E-state index contributed by atoms with van der Waals surface area (Å²) in [7, 11) is 0. The normalized spacial score (nSPS) is 11.7. The molecule has 18 heavy (non-hydrogen) atoms. The summed E-state index contributed by atoms with van der Waals surface area (Å²) in [6.07, 6.45) is 8.16. The van der Waals surface area contributed by atoms with Gasteiger partial charge in [-0.3, -0.25) is 0 Å². The first kappa shape index (κ1) is 12.1. The molecule has 0 aromatic heterocycles. The summed E-state index contributed by atoms with van der Waals surface area (Å²) in [5.41, 5.74) is 3.48. The molecule has 2 aromatic carbocycles. The van der Waals surface area contributed by atoms with Crippen molar-refractivity contribution < 1.29 is 0 Å². The van der Waals surface area contributed by atoms with Gasteiger partial charge in [0.15, 0.2) is 0 Å². The predicted octanol–water partition coefficient (Wildman–Crippen LogP) is 4.97. The molecule has 0 aliphatic heterocycles. The highest BCUT2D eigenvalue weighted by Gasteiger charge is 1.89. The fraction of sp³-hybridized carbons (Fsp3) is 0. The maximum Gasteiger partial charge on any atom is -0.0251 e. The van der Waals surface area contributed by atoms with Crippen LogP contribution in [-0.2, 0) is 0 Å². The van der Waals surface area contributed by atoms with Crippen molar-refractivity contribution in [2.75, 3.05) is 0 Å². The minimum absolute atomic E-state index is 1.10. The van der Waals surface area contributed by atoms with Crippen LogP contribution in [0.25, 0.3) is 12.2 Å². The highest BCUT2D eigenvalue weighted by Crippen LogP contribution is 2.11. The van der Waals surface area contributed by atoms with Crippen LogP contribution in [0.15, 0.2) is 85.0 Å². The first-order valence-corrected chi connectivity index (χ1v) is 6.01. The van der Waals surface area contributed by atoms with Crippen molar-refractivity contribution >= 4 is 12.2 Å². The average Bonchev–Trinajstić information content (AvgIpc) is 2.45. The number of allylic oxidation sites excluding steroid dienone is 3. The Bertz CT molecular complexity index is 545. The summed E-state index contributed by atoms with van der Waals surface area (Å²) < 4.78 is 0. The largest absolute Gasteiger partial charge is 0.0985 e. The lowest BCUT2D eigenvalue weighted by molar-refractivity contribution is 1.63. The molecule has 88 valence electrons. The molecule has 0 aliphatic rings. The van der Waals surface area contributed by atoms with Crippen LogP contribution in [0.1, 0.15) is 11.1 Å². The van der Waals surface area contributed by atoms with E-state index in [1.165, 1.54) is 11.1 Å². The monoisotopic (exact) mass is 232 g/mol. The number of hydrogen-bond acceptors (Lipinski definition) is 0. The van der Waals surface area contributed by atoms with E-state index in [0.717, 1.165) is 5.57 Å². The third kappa shape index (κ3) is 3.60. The second kappa shape index (κ2) is 6.41. The van der Waals surface area contributed by atoms with Crippen LogP contribution in [0, 0.1) is 0 Å². The third-order valence-corrected chi connectivity index (χ3v) is 2.64. The van der Waals surface area contributed by atoms with E-state index in [-0.39, 0.29) is 0 Å². The fourth-order valence-corrected chi connectivity index (χ4v) is 1.67. The molecule has 0 unspecified atom stereocenters. The third-order valence-electron chi connectivity index (χ3n) is 2.64. The summed E-state index contributed by atoms with van der Waals surface area (Å²) in [6, 6.07) is 20.5. The van der Waals surface area contributed by atoms with Gasteiger partial charge in [0.05, 0.1) is 0 Å². The van der Waals surface area contributed by atoms with E-state index >= 15 is 0 Å². The maximum absolute atomic E-state index is 3.85. The molecule has 0 bridgehead atoms. The van der Waals surface area contributed by atoms with Crippen LogP contribution in [0.5, 0.6) is 0 Å². The molecule has 0 amide bonds. The average molecular weight is 232 g/mol.